The second-order valence-electron chi connectivity index (χ2n) is 5.90. The molecule has 2 rings (SSSR count). The average Bonchev–Trinajstić information content (AvgIpc) is 3.13. The summed E-state index contributed by atoms with van der Waals surface area (Å²) in [6, 6.07) is 3.55. The molecule has 1 atom stereocenters. The molecule has 0 aromatic carbocycles. The van der Waals surface area contributed by atoms with Gasteiger partial charge < -0.3 is 20.9 Å². The Kier molecular flexibility index (Phi) is 8.88. The highest BCUT2D eigenvalue weighted by Gasteiger charge is 2.29. The number of amides is 3. The van der Waals surface area contributed by atoms with Crippen LogP contribution in [0.2, 0.25) is 0 Å². The van der Waals surface area contributed by atoms with Gasteiger partial charge in [-0.1, -0.05) is 6.07 Å². The van der Waals surface area contributed by atoms with Crippen LogP contribution in [0.1, 0.15) is 22.5 Å². The van der Waals surface area contributed by atoms with Gasteiger partial charge in [0.05, 0.1) is 17.3 Å². The molecule has 0 radical (unpaired) electrons. The van der Waals surface area contributed by atoms with E-state index in [1.54, 1.807) is 18.0 Å². The maximum absolute atomic E-state index is 12.4. The normalized spacial score (nSPS) is 16.7. The van der Waals surface area contributed by atoms with Crippen LogP contribution in [0.5, 0.6) is 0 Å². The summed E-state index contributed by atoms with van der Waals surface area (Å²) in [5.41, 5.74) is 5.39. The number of halogens is 1. The summed E-state index contributed by atoms with van der Waals surface area (Å²) >= 11 is 1.35. The van der Waals surface area contributed by atoms with Crippen LogP contribution >= 0.6 is 23.7 Å². The third kappa shape index (κ3) is 5.98. The quantitative estimate of drug-likeness (QED) is 0.744. The molecule has 1 unspecified atom stereocenters. The average molecular weight is 389 g/mol. The molecule has 0 saturated carbocycles. The summed E-state index contributed by atoms with van der Waals surface area (Å²) in [4.78, 5) is 40.4. The number of nitrogens with zero attached hydrogens (tertiary/aromatic N) is 2. The van der Waals surface area contributed by atoms with E-state index in [1.807, 2.05) is 11.4 Å². The number of nitrogens with one attached hydrogen (secondary N) is 1. The molecule has 7 nitrogen and oxygen atoms in total. The molecule has 0 bridgehead atoms. The lowest BCUT2D eigenvalue weighted by atomic mass is 9.97. The van der Waals surface area contributed by atoms with Crippen LogP contribution in [0.25, 0.3) is 0 Å². The van der Waals surface area contributed by atoms with E-state index in [0.717, 1.165) is 12.8 Å². The lowest BCUT2D eigenvalue weighted by molar-refractivity contribution is -0.136. The molecule has 25 heavy (non-hydrogen) atoms. The van der Waals surface area contributed by atoms with Crippen molar-refractivity contribution in [1.29, 1.82) is 0 Å². The Hall–Kier alpha value is -1.64. The number of piperidine rings is 1. The summed E-state index contributed by atoms with van der Waals surface area (Å²) in [6.45, 7) is 1.89. The summed E-state index contributed by atoms with van der Waals surface area (Å²) < 4.78 is 0. The molecule has 9 heteroatoms. The minimum atomic E-state index is -0.201. The SMILES string of the molecule is CN(CC(=O)N1CCCC(C(=O)NCCN)C1)C(=O)c1cccs1.Cl. The molecule has 140 valence electrons. The Labute approximate surface area is 157 Å². The first-order valence-corrected chi connectivity index (χ1v) is 8.95. The zero-order valence-corrected chi connectivity index (χ0v) is 15.9. The molecule has 1 aliphatic rings. The maximum Gasteiger partial charge on any atom is 0.264 e. The van der Waals surface area contributed by atoms with E-state index >= 15 is 0 Å². The van der Waals surface area contributed by atoms with Crippen molar-refractivity contribution in [3.05, 3.63) is 22.4 Å². The van der Waals surface area contributed by atoms with E-state index in [1.165, 1.54) is 16.2 Å². The molecule has 3 amide bonds. The fourth-order valence-corrected chi connectivity index (χ4v) is 3.44. The van der Waals surface area contributed by atoms with Crippen molar-refractivity contribution in [3.8, 4) is 0 Å². The highest BCUT2D eigenvalue weighted by molar-refractivity contribution is 7.12. The molecule has 1 aromatic rings. The number of hydrogen-bond donors (Lipinski definition) is 2. The van der Waals surface area contributed by atoms with Gasteiger partial charge in [0, 0.05) is 33.2 Å². The maximum atomic E-state index is 12.4. The van der Waals surface area contributed by atoms with Crippen LogP contribution in [0.3, 0.4) is 0 Å². The number of carbonyl (C=O) groups is 3. The van der Waals surface area contributed by atoms with Gasteiger partial charge in [0.1, 0.15) is 0 Å². The second kappa shape index (κ2) is 10.4. The topological polar surface area (TPSA) is 95.7 Å². The number of hydrogen-bond acceptors (Lipinski definition) is 5. The first-order valence-electron chi connectivity index (χ1n) is 8.07. The van der Waals surface area contributed by atoms with Gasteiger partial charge in [-0.2, -0.15) is 0 Å². The van der Waals surface area contributed by atoms with E-state index in [0.29, 0.717) is 31.1 Å². The molecule has 0 aliphatic carbocycles. The van der Waals surface area contributed by atoms with Crippen LogP contribution in [0, 0.1) is 5.92 Å². The van der Waals surface area contributed by atoms with Gasteiger partial charge in [-0.05, 0) is 24.3 Å². The van der Waals surface area contributed by atoms with Gasteiger partial charge in [-0.3, -0.25) is 14.4 Å². The summed E-state index contributed by atoms with van der Waals surface area (Å²) in [7, 11) is 1.62. The van der Waals surface area contributed by atoms with Gasteiger partial charge in [0.15, 0.2) is 0 Å². The number of likely N-dealkylation sites (tertiary alicyclic amines) is 1. The third-order valence-electron chi connectivity index (χ3n) is 4.04. The Bertz CT molecular complexity index is 582. The predicted octanol–water partition coefficient (Wildman–Crippen LogP) is 0.555. The van der Waals surface area contributed by atoms with Gasteiger partial charge in [-0.25, -0.2) is 0 Å². The lowest BCUT2D eigenvalue weighted by Crippen LogP contribution is -2.49. The van der Waals surface area contributed by atoms with E-state index in [-0.39, 0.29) is 42.6 Å². The first kappa shape index (κ1) is 21.4. The second-order valence-corrected chi connectivity index (χ2v) is 6.84. The number of likely N-dealkylation sites (N-methyl/N-ethyl adjacent to an activating group) is 1. The van der Waals surface area contributed by atoms with Crippen molar-refractivity contribution in [2.45, 2.75) is 12.8 Å². The number of nitrogens with two attached hydrogens (primary N) is 1. The molecule has 0 spiro atoms. The van der Waals surface area contributed by atoms with Crippen molar-refractivity contribution < 1.29 is 14.4 Å². The van der Waals surface area contributed by atoms with E-state index in [9.17, 15) is 14.4 Å². The molecule has 1 aliphatic heterocycles. The molecule has 3 N–H and O–H groups in total. The monoisotopic (exact) mass is 388 g/mol. The zero-order chi connectivity index (χ0) is 17.5. The Balaban J connectivity index is 0.00000312. The van der Waals surface area contributed by atoms with Crippen molar-refractivity contribution in [1.82, 2.24) is 15.1 Å². The Morgan fingerprint density at radius 3 is 2.84 bits per heavy atom. The van der Waals surface area contributed by atoms with Crippen molar-refractivity contribution in [2.24, 2.45) is 11.7 Å². The molecule has 1 saturated heterocycles. The van der Waals surface area contributed by atoms with Gasteiger partial charge >= 0.3 is 0 Å². The van der Waals surface area contributed by atoms with Gasteiger partial charge in [0.25, 0.3) is 5.91 Å². The number of thiophene rings is 1. The van der Waals surface area contributed by atoms with Crippen LogP contribution < -0.4 is 11.1 Å². The van der Waals surface area contributed by atoms with Crippen LogP contribution in [0.15, 0.2) is 17.5 Å². The van der Waals surface area contributed by atoms with Crippen molar-refractivity contribution in [3.63, 3.8) is 0 Å². The third-order valence-corrected chi connectivity index (χ3v) is 4.90. The molecular formula is C16H25ClN4O3S. The van der Waals surface area contributed by atoms with Crippen molar-refractivity contribution >= 4 is 41.5 Å². The molecule has 1 fully saturated rings. The van der Waals surface area contributed by atoms with Crippen molar-refractivity contribution in [2.75, 3.05) is 39.8 Å². The fourth-order valence-electron chi connectivity index (χ4n) is 2.72. The van der Waals surface area contributed by atoms with E-state index < -0.39 is 0 Å². The molecule has 1 aromatic heterocycles. The van der Waals surface area contributed by atoms with Gasteiger partial charge in [-0.15, -0.1) is 23.7 Å². The summed E-state index contributed by atoms with van der Waals surface area (Å²) in [5.74, 6) is -0.542. The van der Waals surface area contributed by atoms with E-state index in [2.05, 4.69) is 5.32 Å². The molecular weight excluding hydrogens is 364 g/mol. The van der Waals surface area contributed by atoms with Crippen LogP contribution in [-0.4, -0.2) is 67.3 Å². The Morgan fingerprint density at radius 1 is 1.44 bits per heavy atom. The number of carbonyl (C=O) groups excluding carboxylic acids is 3. The van der Waals surface area contributed by atoms with Crippen LogP contribution in [0.4, 0.5) is 0 Å². The Morgan fingerprint density at radius 2 is 2.20 bits per heavy atom. The first-order chi connectivity index (χ1) is 11.5. The minimum Gasteiger partial charge on any atom is -0.355 e. The molecule has 2 heterocycles. The highest BCUT2D eigenvalue weighted by atomic mass is 35.5. The van der Waals surface area contributed by atoms with E-state index in [4.69, 9.17) is 5.73 Å². The summed E-state index contributed by atoms with van der Waals surface area (Å²) in [6.07, 6.45) is 1.55. The smallest absolute Gasteiger partial charge is 0.264 e. The zero-order valence-electron chi connectivity index (χ0n) is 14.3. The van der Waals surface area contributed by atoms with Crippen LogP contribution in [-0.2, 0) is 9.59 Å². The fraction of sp³-hybridized carbons (Fsp3) is 0.562. The summed E-state index contributed by atoms with van der Waals surface area (Å²) in [5, 5.41) is 4.61. The standard InChI is InChI=1S/C16H24N4O3S.ClH/c1-19(16(23)13-5-3-9-24-13)11-14(21)20-8-2-4-12(10-20)15(22)18-7-6-17;/h3,5,9,12H,2,4,6-8,10-11,17H2,1H3,(H,18,22);1H. The largest absolute Gasteiger partial charge is 0.355 e. The minimum absolute atomic E-state index is 0. The van der Waals surface area contributed by atoms with Gasteiger partial charge in [0.2, 0.25) is 11.8 Å². The predicted molar refractivity (Wildman–Crippen MR) is 99.9 cm³/mol. The lowest BCUT2D eigenvalue weighted by Gasteiger charge is -2.33. The highest BCUT2D eigenvalue weighted by Crippen LogP contribution is 2.17. The number of rotatable bonds is 6.